The summed E-state index contributed by atoms with van der Waals surface area (Å²) in [6, 6.07) is 11.8. The Hall–Kier alpha value is -2.69. The van der Waals surface area contributed by atoms with E-state index in [9.17, 15) is 13.6 Å². The predicted molar refractivity (Wildman–Crippen MR) is 122 cm³/mol. The van der Waals surface area contributed by atoms with Crippen molar-refractivity contribution in [2.24, 2.45) is 0 Å². The maximum atomic E-state index is 14.3. The molecule has 1 aliphatic carbocycles. The molecule has 2 N–H and O–H groups in total. The van der Waals surface area contributed by atoms with Gasteiger partial charge in [-0.3, -0.25) is 9.78 Å². The highest BCUT2D eigenvalue weighted by Crippen LogP contribution is 2.45. The van der Waals surface area contributed by atoms with E-state index in [0.29, 0.717) is 23.6 Å². The number of pyridine rings is 1. The number of carbonyl (C=O) groups excluding carboxylic acids is 1. The Bertz CT molecular complexity index is 1100. The molecule has 2 aromatic heterocycles. The first kappa shape index (κ1) is 21.5. The van der Waals surface area contributed by atoms with Crippen molar-refractivity contribution in [1.82, 2.24) is 20.5 Å². The van der Waals surface area contributed by atoms with Crippen LogP contribution in [0, 0.1) is 9.39 Å². The zero-order valence-electron chi connectivity index (χ0n) is 16.7. The van der Waals surface area contributed by atoms with Crippen molar-refractivity contribution in [2.45, 2.75) is 24.4 Å². The largest absolute Gasteiger partial charge is 0.368 e. The molecule has 1 aliphatic rings. The third-order valence-electron chi connectivity index (χ3n) is 5.49. The van der Waals surface area contributed by atoms with Crippen molar-refractivity contribution in [1.29, 1.82) is 0 Å². The highest BCUT2D eigenvalue weighted by molar-refractivity contribution is 14.1. The van der Waals surface area contributed by atoms with Gasteiger partial charge in [-0.25, -0.2) is 8.78 Å². The molecule has 31 heavy (non-hydrogen) atoms. The second-order valence-corrected chi connectivity index (χ2v) is 8.71. The molecule has 0 saturated heterocycles. The molecule has 1 amide bonds. The molecule has 3 aromatic rings. The van der Waals surface area contributed by atoms with Gasteiger partial charge >= 0.3 is 0 Å². The van der Waals surface area contributed by atoms with Crippen LogP contribution in [-0.2, 0) is 5.41 Å². The number of nitrogens with zero attached hydrogens (tertiary/aromatic N) is 3. The lowest BCUT2D eigenvalue weighted by Gasteiger charge is -2.44. The minimum Gasteiger partial charge on any atom is -0.368 e. The lowest BCUT2D eigenvalue weighted by Crippen LogP contribution is -2.49. The summed E-state index contributed by atoms with van der Waals surface area (Å²) in [7, 11) is 1.58. The Morgan fingerprint density at radius 3 is 2.68 bits per heavy atom. The van der Waals surface area contributed by atoms with Crippen LogP contribution in [-0.4, -0.2) is 40.9 Å². The molecule has 1 saturated carbocycles. The number of hydrogen-bond donors (Lipinski definition) is 2. The Morgan fingerprint density at radius 1 is 1.23 bits per heavy atom. The van der Waals surface area contributed by atoms with E-state index in [1.807, 2.05) is 6.07 Å². The summed E-state index contributed by atoms with van der Waals surface area (Å²) >= 11 is 2.18. The van der Waals surface area contributed by atoms with E-state index >= 15 is 0 Å². The predicted octanol–water partition coefficient (Wildman–Crippen LogP) is 4.12. The van der Waals surface area contributed by atoms with Crippen molar-refractivity contribution < 1.29 is 13.6 Å². The topological polar surface area (TPSA) is 79.8 Å². The highest BCUT2D eigenvalue weighted by Gasteiger charge is 2.48. The third-order valence-corrected chi connectivity index (χ3v) is 6.43. The first-order valence-corrected chi connectivity index (χ1v) is 10.8. The Balaban J connectivity index is 1.52. The Labute approximate surface area is 192 Å². The Kier molecular flexibility index (Phi) is 6.12. The number of halogens is 3. The minimum absolute atomic E-state index is 0.178. The molecule has 1 aromatic carbocycles. The molecule has 0 atom stereocenters. The van der Waals surface area contributed by atoms with Gasteiger partial charge in [0.2, 0.25) is 0 Å². The fourth-order valence-corrected chi connectivity index (χ4v) is 4.43. The summed E-state index contributed by atoms with van der Waals surface area (Å²) in [6.07, 6.45) is 0.981. The number of amides is 1. The number of alkyl halides is 1. The smallest absolute Gasteiger partial charge is 0.251 e. The van der Waals surface area contributed by atoms with Gasteiger partial charge in [0, 0.05) is 39.9 Å². The van der Waals surface area contributed by atoms with Crippen LogP contribution in [0.3, 0.4) is 0 Å². The monoisotopic (exact) mass is 535 g/mol. The minimum atomic E-state index is -0.966. The molecule has 2 heterocycles. The van der Waals surface area contributed by atoms with Crippen LogP contribution in [0.4, 0.5) is 14.6 Å². The lowest BCUT2D eigenvalue weighted by atomic mass is 9.65. The van der Waals surface area contributed by atoms with Gasteiger partial charge in [0.25, 0.3) is 5.91 Å². The van der Waals surface area contributed by atoms with E-state index in [0.717, 1.165) is 9.13 Å². The number of rotatable bonds is 6. The second-order valence-electron chi connectivity index (χ2n) is 7.55. The van der Waals surface area contributed by atoms with Crippen LogP contribution in [0.5, 0.6) is 0 Å². The van der Waals surface area contributed by atoms with Crippen molar-refractivity contribution in [2.75, 3.05) is 18.9 Å². The molecule has 9 heteroatoms. The third kappa shape index (κ3) is 4.36. The number of nitrogens with one attached hydrogen (secondary N) is 2. The summed E-state index contributed by atoms with van der Waals surface area (Å²) in [5, 5.41) is 14.2. The second kappa shape index (κ2) is 8.81. The molecule has 0 unspecified atom stereocenters. The molecule has 4 rings (SSSR count). The van der Waals surface area contributed by atoms with Gasteiger partial charge in [-0.15, -0.1) is 10.2 Å². The number of aromatic nitrogens is 3. The van der Waals surface area contributed by atoms with Crippen LogP contribution in [0.2, 0.25) is 0 Å². The van der Waals surface area contributed by atoms with Crippen molar-refractivity contribution in [3.63, 3.8) is 0 Å². The van der Waals surface area contributed by atoms with Crippen LogP contribution >= 0.6 is 22.6 Å². The van der Waals surface area contributed by atoms with Gasteiger partial charge in [-0.1, -0.05) is 0 Å². The molecular weight excluding hydrogens is 515 g/mol. The summed E-state index contributed by atoms with van der Waals surface area (Å²) < 4.78 is 28.9. The van der Waals surface area contributed by atoms with Gasteiger partial charge in [0.1, 0.15) is 17.8 Å². The first-order valence-electron chi connectivity index (χ1n) is 9.76. The van der Waals surface area contributed by atoms with Crippen molar-refractivity contribution in [3.05, 3.63) is 69.3 Å². The van der Waals surface area contributed by atoms with Crippen LogP contribution in [0.1, 0.15) is 28.9 Å². The summed E-state index contributed by atoms with van der Waals surface area (Å²) in [6.45, 7) is 0.305. The maximum absolute atomic E-state index is 14.3. The van der Waals surface area contributed by atoms with E-state index in [1.54, 1.807) is 31.3 Å². The average molecular weight is 535 g/mol. The van der Waals surface area contributed by atoms with Gasteiger partial charge in [-0.05, 0) is 77.9 Å². The van der Waals surface area contributed by atoms with E-state index in [-0.39, 0.29) is 24.4 Å². The van der Waals surface area contributed by atoms with Gasteiger partial charge in [0.05, 0.1) is 11.4 Å². The molecular formula is C22H20F2IN5O. The van der Waals surface area contributed by atoms with Crippen LogP contribution in [0.25, 0.3) is 11.3 Å². The van der Waals surface area contributed by atoms with Gasteiger partial charge < -0.3 is 10.6 Å². The van der Waals surface area contributed by atoms with E-state index in [4.69, 9.17) is 0 Å². The normalized spacial score (nSPS) is 20.1. The molecule has 0 aliphatic heterocycles. The number of anilines is 1. The van der Waals surface area contributed by atoms with Crippen molar-refractivity contribution in [3.8, 4) is 11.3 Å². The number of hydrogen-bond acceptors (Lipinski definition) is 5. The number of benzene rings is 1. The standard InChI is InChI=1S/C22H20F2IN5O/c1-26-21(31)13-4-5-17(25)15(9-13)18-6-7-19(30-29-18)28-12-22(10-14(23)11-22)20-16(24)3-2-8-27-20/h2-9,14H,10-12H2,1H3,(H,26,31)(H,28,30)/t14-,22-. The summed E-state index contributed by atoms with van der Waals surface area (Å²) in [4.78, 5) is 16.1. The highest BCUT2D eigenvalue weighted by atomic mass is 127. The molecule has 0 spiro atoms. The zero-order valence-corrected chi connectivity index (χ0v) is 18.9. The molecule has 0 bridgehead atoms. The van der Waals surface area contributed by atoms with Gasteiger partial charge in [-0.2, -0.15) is 0 Å². The zero-order chi connectivity index (χ0) is 22.0. The summed E-state index contributed by atoms with van der Waals surface area (Å²) in [5.74, 6) is -0.106. The summed E-state index contributed by atoms with van der Waals surface area (Å²) in [5.41, 5.74) is 1.53. The first-order chi connectivity index (χ1) is 14.9. The SMILES string of the molecule is CNC(=O)c1ccc(I)c(-c2ccc(NC[C@]3(c4ncccc4F)C[C@H](F)C3)nn2)c1. The van der Waals surface area contributed by atoms with E-state index in [2.05, 4.69) is 48.4 Å². The molecule has 160 valence electrons. The molecule has 0 radical (unpaired) electrons. The van der Waals surface area contributed by atoms with Crippen LogP contribution < -0.4 is 10.6 Å². The van der Waals surface area contributed by atoms with Crippen LogP contribution in [0.15, 0.2) is 48.7 Å². The van der Waals surface area contributed by atoms with E-state index in [1.165, 1.54) is 18.3 Å². The number of carbonyl (C=O) groups is 1. The molecule has 6 nitrogen and oxygen atoms in total. The van der Waals surface area contributed by atoms with Gasteiger partial charge in [0.15, 0.2) is 0 Å². The van der Waals surface area contributed by atoms with Crippen molar-refractivity contribution >= 4 is 34.3 Å². The quantitative estimate of drug-likeness (QED) is 0.465. The maximum Gasteiger partial charge on any atom is 0.251 e. The fraction of sp³-hybridized carbons (Fsp3) is 0.273. The fourth-order valence-electron chi connectivity index (χ4n) is 3.82. The average Bonchev–Trinajstić information content (AvgIpc) is 2.76. The molecule has 1 fully saturated rings. The van der Waals surface area contributed by atoms with E-state index < -0.39 is 17.4 Å². The Morgan fingerprint density at radius 2 is 2.03 bits per heavy atom. The lowest BCUT2D eigenvalue weighted by molar-refractivity contribution is 0.0958.